The van der Waals surface area contributed by atoms with Crippen LogP contribution in [0.3, 0.4) is 0 Å². The first-order chi connectivity index (χ1) is 6.72. The number of nitrogens with zero attached hydrogens (tertiary/aromatic N) is 1. The molecule has 0 aliphatic rings. The van der Waals surface area contributed by atoms with Crippen molar-refractivity contribution in [3.05, 3.63) is 18.3 Å². The number of rotatable bonds is 4. The smallest absolute Gasteiger partial charge is 0.221 e. The molecule has 4 N–H and O–H groups in total. The largest absolute Gasteiger partial charge is 0.397 e. The number of amides is 1. The first-order valence-electron chi connectivity index (χ1n) is 4.38. The lowest BCUT2D eigenvalue weighted by atomic mass is 10.4. The Morgan fingerprint density at radius 2 is 2.36 bits per heavy atom. The van der Waals surface area contributed by atoms with Crippen LogP contribution in [0.15, 0.2) is 18.3 Å². The van der Waals surface area contributed by atoms with E-state index in [1.165, 1.54) is 0 Å². The second kappa shape index (κ2) is 5.06. The first-order valence-corrected chi connectivity index (χ1v) is 4.38. The maximum Gasteiger partial charge on any atom is 0.221 e. The van der Waals surface area contributed by atoms with Gasteiger partial charge in [-0.25, -0.2) is 4.98 Å². The van der Waals surface area contributed by atoms with Crippen molar-refractivity contribution in [1.29, 1.82) is 0 Å². The van der Waals surface area contributed by atoms with Gasteiger partial charge in [-0.2, -0.15) is 0 Å². The molecule has 1 heterocycles. The number of hydrogen-bond acceptors (Lipinski definition) is 4. The maximum absolute atomic E-state index is 10.9. The van der Waals surface area contributed by atoms with Gasteiger partial charge in [-0.1, -0.05) is 0 Å². The summed E-state index contributed by atoms with van der Waals surface area (Å²) in [6.07, 6.45) is 2.00. The third kappa shape index (κ3) is 3.30. The minimum absolute atomic E-state index is 0.00736. The van der Waals surface area contributed by atoms with Crippen LogP contribution in [0, 0.1) is 0 Å². The molecule has 1 aromatic rings. The normalized spacial score (nSPS) is 9.50. The third-order valence-corrected chi connectivity index (χ3v) is 1.72. The van der Waals surface area contributed by atoms with Crippen LogP contribution >= 0.6 is 0 Å². The number of aromatic nitrogens is 1. The zero-order valence-corrected chi connectivity index (χ0v) is 8.08. The Balaban J connectivity index is 2.31. The molecule has 0 bridgehead atoms. The number of pyridine rings is 1. The van der Waals surface area contributed by atoms with E-state index >= 15 is 0 Å². The van der Waals surface area contributed by atoms with Crippen molar-refractivity contribution >= 4 is 17.4 Å². The lowest BCUT2D eigenvalue weighted by Crippen LogP contribution is -2.20. The Morgan fingerprint density at radius 3 is 2.93 bits per heavy atom. The standard InChI is InChI=1S/C9H14N4O/c1-11-9(14)4-5-12-8-3-2-7(10)6-13-8/h2-3,6H,4-5,10H2,1H3,(H,11,14)(H,12,13). The highest BCUT2D eigenvalue weighted by molar-refractivity contribution is 5.76. The monoisotopic (exact) mass is 194 g/mol. The summed E-state index contributed by atoms with van der Waals surface area (Å²) >= 11 is 0. The topological polar surface area (TPSA) is 80.0 Å². The van der Waals surface area contributed by atoms with Crippen molar-refractivity contribution in [3.8, 4) is 0 Å². The number of anilines is 2. The van der Waals surface area contributed by atoms with E-state index in [0.29, 0.717) is 18.7 Å². The van der Waals surface area contributed by atoms with E-state index < -0.39 is 0 Å². The molecular weight excluding hydrogens is 180 g/mol. The fraction of sp³-hybridized carbons (Fsp3) is 0.333. The average molecular weight is 194 g/mol. The number of hydrogen-bond donors (Lipinski definition) is 3. The fourth-order valence-corrected chi connectivity index (χ4v) is 0.939. The molecule has 0 atom stereocenters. The van der Waals surface area contributed by atoms with E-state index in [4.69, 9.17) is 5.73 Å². The number of carbonyl (C=O) groups excluding carboxylic acids is 1. The molecule has 1 amide bonds. The molecule has 0 saturated carbocycles. The molecule has 0 unspecified atom stereocenters. The molecule has 0 spiro atoms. The van der Waals surface area contributed by atoms with Crippen molar-refractivity contribution in [2.75, 3.05) is 24.6 Å². The SMILES string of the molecule is CNC(=O)CCNc1ccc(N)cn1. The molecule has 0 aliphatic carbocycles. The quantitative estimate of drug-likeness (QED) is 0.640. The Labute approximate surface area is 82.7 Å². The number of carbonyl (C=O) groups is 1. The maximum atomic E-state index is 10.9. The van der Waals surface area contributed by atoms with Crippen LogP contribution in [0.5, 0.6) is 0 Å². The molecule has 5 heteroatoms. The van der Waals surface area contributed by atoms with E-state index in [2.05, 4.69) is 15.6 Å². The molecule has 0 aliphatic heterocycles. The van der Waals surface area contributed by atoms with Crippen LogP contribution in [0.4, 0.5) is 11.5 Å². The summed E-state index contributed by atoms with van der Waals surface area (Å²) in [5.74, 6) is 0.732. The molecule has 0 saturated heterocycles. The molecule has 5 nitrogen and oxygen atoms in total. The fourth-order valence-electron chi connectivity index (χ4n) is 0.939. The zero-order valence-electron chi connectivity index (χ0n) is 8.08. The van der Waals surface area contributed by atoms with Gasteiger partial charge in [0.25, 0.3) is 0 Å². The van der Waals surface area contributed by atoms with Gasteiger partial charge in [0.1, 0.15) is 5.82 Å². The van der Waals surface area contributed by atoms with Gasteiger partial charge in [-0.05, 0) is 12.1 Å². The molecule has 76 valence electrons. The lowest BCUT2D eigenvalue weighted by Gasteiger charge is -2.04. The molecule has 14 heavy (non-hydrogen) atoms. The highest BCUT2D eigenvalue weighted by Crippen LogP contribution is 2.05. The van der Waals surface area contributed by atoms with Gasteiger partial charge in [-0.3, -0.25) is 4.79 Å². The van der Waals surface area contributed by atoms with Crippen LogP contribution < -0.4 is 16.4 Å². The highest BCUT2D eigenvalue weighted by atomic mass is 16.1. The minimum atomic E-state index is 0.00736. The van der Waals surface area contributed by atoms with Crippen LogP contribution in [0.2, 0.25) is 0 Å². The van der Waals surface area contributed by atoms with Gasteiger partial charge in [0.05, 0.1) is 11.9 Å². The predicted octanol–water partition coefficient (Wildman–Crippen LogP) is 0.212. The molecule has 0 aromatic carbocycles. The number of nitrogen functional groups attached to an aromatic ring is 1. The van der Waals surface area contributed by atoms with Crippen molar-refractivity contribution in [3.63, 3.8) is 0 Å². The van der Waals surface area contributed by atoms with E-state index in [1.807, 2.05) is 0 Å². The molecule has 1 rings (SSSR count). The van der Waals surface area contributed by atoms with Gasteiger partial charge in [0.15, 0.2) is 0 Å². The second-order valence-electron chi connectivity index (χ2n) is 2.83. The Bertz CT molecular complexity index is 296. The summed E-state index contributed by atoms with van der Waals surface area (Å²) in [5, 5.41) is 5.55. The summed E-state index contributed by atoms with van der Waals surface area (Å²) in [5.41, 5.74) is 6.10. The van der Waals surface area contributed by atoms with Crippen molar-refractivity contribution < 1.29 is 4.79 Å². The van der Waals surface area contributed by atoms with Crippen molar-refractivity contribution in [2.24, 2.45) is 0 Å². The van der Waals surface area contributed by atoms with Crippen molar-refractivity contribution in [1.82, 2.24) is 10.3 Å². The molecule has 0 radical (unpaired) electrons. The first kappa shape index (κ1) is 10.3. The van der Waals surface area contributed by atoms with Crippen LogP contribution in [0.1, 0.15) is 6.42 Å². The average Bonchev–Trinajstić information content (AvgIpc) is 2.21. The summed E-state index contributed by atoms with van der Waals surface area (Å²) in [4.78, 5) is 14.9. The molecule has 0 fully saturated rings. The van der Waals surface area contributed by atoms with Crippen LogP contribution in [-0.2, 0) is 4.79 Å². The van der Waals surface area contributed by atoms with Crippen LogP contribution in [-0.4, -0.2) is 24.5 Å². The van der Waals surface area contributed by atoms with Gasteiger partial charge >= 0.3 is 0 Å². The Kier molecular flexibility index (Phi) is 3.72. The lowest BCUT2D eigenvalue weighted by molar-refractivity contribution is -0.120. The van der Waals surface area contributed by atoms with E-state index in [9.17, 15) is 4.79 Å². The van der Waals surface area contributed by atoms with Gasteiger partial charge < -0.3 is 16.4 Å². The second-order valence-corrected chi connectivity index (χ2v) is 2.83. The molecular formula is C9H14N4O. The Hall–Kier alpha value is -1.78. The molecule has 1 aromatic heterocycles. The van der Waals surface area contributed by atoms with E-state index in [-0.39, 0.29) is 5.91 Å². The third-order valence-electron chi connectivity index (χ3n) is 1.72. The summed E-state index contributed by atoms with van der Waals surface area (Å²) in [7, 11) is 1.61. The van der Waals surface area contributed by atoms with Gasteiger partial charge in [0, 0.05) is 20.0 Å². The van der Waals surface area contributed by atoms with E-state index in [1.54, 1.807) is 25.4 Å². The minimum Gasteiger partial charge on any atom is -0.397 e. The number of nitrogens with one attached hydrogen (secondary N) is 2. The van der Waals surface area contributed by atoms with Crippen LogP contribution in [0.25, 0.3) is 0 Å². The Morgan fingerprint density at radius 1 is 1.57 bits per heavy atom. The summed E-state index contributed by atoms with van der Waals surface area (Å²) in [6.45, 7) is 0.566. The summed E-state index contributed by atoms with van der Waals surface area (Å²) < 4.78 is 0. The van der Waals surface area contributed by atoms with E-state index in [0.717, 1.165) is 5.82 Å². The number of nitrogens with two attached hydrogens (primary N) is 1. The van der Waals surface area contributed by atoms with Gasteiger partial charge in [-0.15, -0.1) is 0 Å². The predicted molar refractivity (Wildman–Crippen MR) is 55.8 cm³/mol. The van der Waals surface area contributed by atoms with Crippen molar-refractivity contribution in [2.45, 2.75) is 6.42 Å². The highest BCUT2D eigenvalue weighted by Gasteiger charge is 1.97. The zero-order chi connectivity index (χ0) is 10.4. The van der Waals surface area contributed by atoms with Gasteiger partial charge in [0.2, 0.25) is 5.91 Å². The summed E-state index contributed by atoms with van der Waals surface area (Å²) in [6, 6.07) is 3.54.